The Kier molecular flexibility index (Phi) is 7.93. The molecule has 0 radical (unpaired) electrons. The molecule has 0 bridgehead atoms. The first kappa shape index (κ1) is 25.2. The highest BCUT2D eigenvalue weighted by Gasteiger charge is 2.52. The van der Waals surface area contributed by atoms with Crippen molar-refractivity contribution >= 4 is 0 Å². The first-order chi connectivity index (χ1) is 17.6. The number of unbranched alkanes of at least 4 members (excludes halogenated alkanes) is 1. The van der Waals surface area contributed by atoms with Gasteiger partial charge in [-0.25, -0.2) is 4.39 Å². The quantitative estimate of drug-likeness (QED) is 0.418. The average Bonchev–Trinajstić information content (AvgIpc) is 3.44. The normalized spacial score (nSPS) is 23.9. The molecule has 2 heterocycles. The third-order valence-electron chi connectivity index (χ3n) is 9.06. The molecule has 2 aromatic rings. The number of fused-ring (bicyclic) bond motifs is 1. The van der Waals surface area contributed by atoms with Gasteiger partial charge < -0.3 is 14.5 Å². The smallest absolute Gasteiger partial charge is 0.127 e. The number of nitrogens with zero attached hydrogens (tertiary/aromatic N) is 3. The Balaban J connectivity index is 1.18. The zero-order valence-electron chi connectivity index (χ0n) is 21.7. The molecule has 0 N–H and O–H groups in total. The van der Waals surface area contributed by atoms with Crippen LogP contribution < -0.4 is 4.74 Å². The van der Waals surface area contributed by atoms with E-state index in [1.54, 1.807) is 18.2 Å². The molecule has 36 heavy (non-hydrogen) atoms. The van der Waals surface area contributed by atoms with E-state index < -0.39 is 0 Å². The summed E-state index contributed by atoms with van der Waals surface area (Å²) in [6.07, 6.45) is 9.57. The molecule has 0 spiro atoms. The maximum Gasteiger partial charge on any atom is 0.127 e. The van der Waals surface area contributed by atoms with Crippen LogP contribution >= 0.6 is 0 Å². The summed E-state index contributed by atoms with van der Waals surface area (Å²) in [5.74, 6) is 2.02. The van der Waals surface area contributed by atoms with E-state index in [-0.39, 0.29) is 11.2 Å². The zero-order chi connectivity index (χ0) is 25.0. The minimum absolute atomic E-state index is 0.0365. The summed E-state index contributed by atoms with van der Waals surface area (Å²) >= 11 is 0. The second-order valence-electron chi connectivity index (χ2n) is 11.3. The number of benzene rings is 2. The SMILES string of the molecule is CN1Cc2cccc(F)c2C(C2CCCC2)(C2CCN(CCCCOc3ccc(C#N)cc3)CC2)C1. The topological polar surface area (TPSA) is 39.5 Å². The van der Waals surface area contributed by atoms with Gasteiger partial charge in [0.05, 0.1) is 18.2 Å². The first-order valence-electron chi connectivity index (χ1n) is 13.9. The summed E-state index contributed by atoms with van der Waals surface area (Å²) < 4.78 is 21.4. The highest BCUT2D eigenvalue weighted by Crippen LogP contribution is 2.53. The molecular weight excluding hydrogens is 449 g/mol. The zero-order valence-corrected chi connectivity index (χ0v) is 21.7. The van der Waals surface area contributed by atoms with Gasteiger partial charge in [-0.1, -0.05) is 25.0 Å². The largest absolute Gasteiger partial charge is 0.494 e. The van der Waals surface area contributed by atoms with Crippen molar-refractivity contribution in [2.24, 2.45) is 11.8 Å². The van der Waals surface area contributed by atoms with E-state index in [0.717, 1.165) is 56.9 Å². The minimum atomic E-state index is -0.0365. The third-order valence-corrected chi connectivity index (χ3v) is 9.06. The van der Waals surface area contributed by atoms with Crippen molar-refractivity contribution in [3.05, 3.63) is 65.0 Å². The van der Waals surface area contributed by atoms with Gasteiger partial charge in [-0.2, -0.15) is 5.26 Å². The van der Waals surface area contributed by atoms with Gasteiger partial charge in [-0.3, -0.25) is 0 Å². The number of hydrogen-bond donors (Lipinski definition) is 0. The van der Waals surface area contributed by atoms with Crippen LogP contribution in [0.1, 0.15) is 68.1 Å². The van der Waals surface area contributed by atoms with E-state index in [0.29, 0.717) is 24.0 Å². The van der Waals surface area contributed by atoms with Gasteiger partial charge in [0.1, 0.15) is 11.6 Å². The fourth-order valence-corrected chi connectivity index (χ4v) is 7.46. The number of halogens is 1. The first-order valence-corrected chi connectivity index (χ1v) is 13.9. The van der Waals surface area contributed by atoms with Crippen molar-refractivity contribution in [2.45, 2.75) is 63.3 Å². The molecule has 1 unspecified atom stereocenters. The van der Waals surface area contributed by atoms with Crippen molar-refractivity contribution < 1.29 is 9.13 Å². The van der Waals surface area contributed by atoms with Crippen LogP contribution in [0.2, 0.25) is 0 Å². The van der Waals surface area contributed by atoms with E-state index in [1.165, 1.54) is 44.1 Å². The molecule has 1 atom stereocenters. The monoisotopic (exact) mass is 489 g/mol. The number of likely N-dealkylation sites (N-methyl/N-ethyl adjacent to an activating group) is 1. The Morgan fingerprint density at radius 3 is 2.44 bits per heavy atom. The molecule has 0 amide bonds. The molecule has 0 aromatic heterocycles. The van der Waals surface area contributed by atoms with Gasteiger partial charge in [-0.05, 0) is 113 Å². The molecule has 192 valence electrons. The second-order valence-corrected chi connectivity index (χ2v) is 11.3. The van der Waals surface area contributed by atoms with Gasteiger partial charge >= 0.3 is 0 Å². The van der Waals surface area contributed by atoms with E-state index in [4.69, 9.17) is 10.00 Å². The fraction of sp³-hybridized carbons (Fsp3) is 0.581. The standard InChI is InChI=1S/C31H40FN3O/c1-34-22-25-7-6-10-29(32)30(25)31(23-34,26-8-2-3-9-26)27-15-18-35(19-16-27)17-4-5-20-36-28-13-11-24(21-33)12-14-28/h6-7,10-14,26-27H,2-5,8-9,15-20,22-23H2,1H3. The Morgan fingerprint density at radius 1 is 1.00 bits per heavy atom. The van der Waals surface area contributed by atoms with Crippen LogP contribution in [0.3, 0.4) is 0 Å². The number of ether oxygens (including phenoxy) is 1. The molecule has 5 heteroatoms. The van der Waals surface area contributed by atoms with Crippen molar-refractivity contribution in [3.63, 3.8) is 0 Å². The van der Waals surface area contributed by atoms with Crippen LogP contribution in [-0.2, 0) is 12.0 Å². The van der Waals surface area contributed by atoms with E-state index >= 15 is 4.39 Å². The number of rotatable bonds is 8. The lowest BCUT2D eigenvalue weighted by molar-refractivity contribution is 0.0437. The van der Waals surface area contributed by atoms with Crippen LogP contribution in [0.25, 0.3) is 0 Å². The van der Waals surface area contributed by atoms with Crippen LogP contribution in [-0.4, -0.2) is 49.6 Å². The summed E-state index contributed by atoms with van der Waals surface area (Å²) in [5, 5.41) is 8.91. The second kappa shape index (κ2) is 11.3. The predicted molar refractivity (Wildman–Crippen MR) is 141 cm³/mol. The highest BCUT2D eigenvalue weighted by atomic mass is 19.1. The summed E-state index contributed by atoms with van der Waals surface area (Å²) in [7, 11) is 2.23. The summed E-state index contributed by atoms with van der Waals surface area (Å²) in [6.45, 7) is 5.90. The fourth-order valence-electron chi connectivity index (χ4n) is 7.46. The molecule has 3 aliphatic rings. The van der Waals surface area contributed by atoms with Crippen molar-refractivity contribution in [3.8, 4) is 11.8 Å². The molecule has 2 aliphatic heterocycles. The minimum Gasteiger partial charge on any atom is -0.494 e. The van der Waals surface area contributed by atoms with E-state index in [1.807, 2.05) is 18.2 Å². The van der Waals surface area contributed by atoms with Crippen LogP contribution in [0.5, 0.6) is 5.75 Å². The summed E-state index contributed by atoms with van der Waals surface area (Å²) in [4.78, 5) is 5.07. The van der Waals surface area contributed by atoms with Gasteiger partial charge in [0.2, 0.25) is 0 Å². The maximum atomic E-state index is 15.5. The van der Waals surface area contributed by atoms with Gasteiger partial charge in [0.15, 0.2) is 0 Å². The molecular formula is C31H40FN3O. The predicted octanol–water partition coefficient (Wildman–Crippen LogP) is 6.14. The lowest BCUT2D eigenvalue weighted by Gasteiger charge is -2.53. The molecule has 5 rings (SSSR count). The number of hydrogen-bond acceptors (Lipinski definition) is 4. The van der Waals surface area contributed by atoms with Gasteiger partial charge in [0.25, 0.3) is 0 Å². The Labute approximate surface area is 216 Å². The molecule has 4 nitrogen and oxygen atoms in total. The molecule has 1 saturated carbocycles. The molecule has 1 saturated heterocycles. The van der Waals surface area contributed by atoms with Crippen LogP contribution in [0, 0.1) is 29.0 Å². The summed E-state index contributed by atoms with van der Waals surface area (Å²) in [6, 6.07) is 15.3. The molecule has 2 aromatic carbocycles. The Hall–Kier alpha value is -2.42. The number of likely N-dealkylation sites (tertiary alicyclic amines) is 1. The van der Waals surface area contributed by atoms with Crippen molar-refractivity contribution in [1.82, 2.24) is 9.80 Å². The number of nitriles is 1. The van der Waals surface area contributed by atoms with Gasteiger partial charge in [-0.15, -0.1) is 0 Å². The lowest BCUT2D eigenvalue weighted by atomic mass is 9.57. The Morgan fingerprint density at radius 2 is 1.72 bits per heavy atom. The average molecular weight is 490 g/mol. The molecule has 2 fully saturated rings. The van der Waals surface area contributed by atoms with Gasteiger partial charge in [0, 0.05) is 24.1 Å². The van der Waals surface area contributed by atoms with Crippen molar-refractivity contribution in [1.29, 1.82) is 5.26 Å². The third kappa shape index (κ3) is 5.17. The summed E-state index contributed by atoms with van der Waals surface area (Å²) in [5.41, 5.74) is 2.92. The van der Waals surface area contributed by atoms with Crippen molar-refractivity contribution in [2.75, 3.05) is 39.8 Å². The lowest BCUT2D eigenvalue weighted by Crippen LogP contribution is -2.56. The molecule has 1 aliphatic carbocycles. The Bertz CT molecular complexity index is 1050. The van der Waals surface area contributed by atoms with Crippen LogP contribution in [0.4, 0.5) is 4.39 Å². The highest BCUT2D eigenvalue weighted by molar-refractivity contribution is 5.40. The van der Waals surface area contributed by atoms with E-state index in [2.05, 4.69) is 29.0 Å². The van der Waals surface area contributed by atoms with E-state index in [9.17, 15) is 0 Å². The maximum absolute atomic E-state index is 15.5. The number of piperidine rings is 1. The van der Waals surface area contributed by atoms with Crippen LogP contribution in [0.15, 0.2) is 42.5 Å².